The second-order valence-corrected chi connectivity index (χ2v) is 22.7. The number of carbonyl (C=O) groups excluding carboxylic acids is 3. The van der Waals surface area contributed by atoms with Crippen LogP contribution in [0.3, 0.4) is 0 Å². The van der Waals surface area contributed by atoms with Crippen LogP contribution in [-0.4, -0.2) is 132 Å². The van der Waals surface area contributed by atoms with Gasteiger partial charge in [-0.2, -0.15) is 0 Å². The van der Waals surface area contributed by atoms with E-state index in [1.54, 1.807) is 27.7 Å². The smallest absolute Gasteiger partial charge is 0.308 e. The van der Waals surface area contributed by atoms with Crippen molar-refractivity contribution in [1.82, 2.24) is 0 Å². The Hall–Kier alpha value is -2.31. The normalized spacial score (nSPS) is 39.9. The molecule has 3 N–H and O–H groups in total. The van der Waals surface area contributed by atoms with Crippen LogP contribution in [0.25, 0.3) is 0 Å². The Morgan fingerprint density at radius 2 is 1.52 bits per heavy atom. The third-order valence-corrected chi connectivity index (χ3v) is 15.4. The summed E-state index contributed by atoms with van der Waals surface area (Å²) in [6, 6.07) is 0. The van der Waals surface area contributed by atoms with E-state index in [-0.39, 0.29) is 49.5 Å². The number of hydrogen-bond acceptors (Lipinski definition) is 15. The first kappa shape index (κ1) is 61.2. The van der Waals surface area contributed by atoms with Crippen LogP contribution in [0.2, 0.25) is 0 Å². The summed E-state index contributed by atoms with van der Waals surface area (Å²) in [6.45, 7) is 23.6. The number of methoxy groups -OCH3 is 1. The molecule has 20 atom stereocenters. The maximum atomic E-state index is 13.3. The molecule has 0 saturated carbocycles. The molecule has 3 saturated heterocycles. The Labute approximate surface area is 426 Å². The van der Waals surface area contributed by atoms with Crippen molar-refractivity contribution in [3.63, 3.8) is 0 Å². The fourth-order valence-corrected chi connectivity index (χ4v) is 11.3. The average molecular weight is 1010 g/mol. The average Bonchev–Trinajstić information content (AvgIpc) is 3.27. The van der Waals surface area contributed by atoms with Crippen molar-refractivity contribution in [2.24, 2.45) is 35.5 Å². The van der Waals surface area contributed by atoms with E-state index in [4.69, 9.17) is 42.6 Å². The maximum absolute atomic E-state index is 13.3. The second-order valence-electron chi connectivity index (χ2n) is 22.7. The predicted molar refractivity (Wildman–Crippen MR) is 270 cm³/mol. The standard InChI is InChI=1S/C56H96O15/c1-14-19-36(6)31-56(62)33-50(67-41(11)54(56)71-49-32-55(12,61)53(40(10)66-49)69-46(59)28-34(3)4)70-51-43(26-27-57)29-37(7)45(68-48-25-24-42(39(9)65-48)23-22-35(5)15-2)21-18-16-17-20-38(8)64-47(60)30-44(58)52(51)63-13/h16-18,21,27,34-45,48-54,58,61-62H,14-15,19-20,22-26,28-33H2,1-13H3. The van der Waals surface area contributed by atoms with Crippen molar-refractivity contribution in [3.8, 4) is 0 Å². The summed E-state index contributed by atoms with van der Waals surface area (Å²) in [5.41, 5.74) is -3.05. The lowest BCUT2D eigenvalue weighted by Gasteiger charge is -2.51. The van der Waals surface area contributed by atoms with Gasteiger partial charge in [0.15, 0.2) is 25.0 Å². The van der Waals surface area contributed by atoms with Gasteiger partial charge in [-0.05, 0) is 102 Å². The molecule has 0 amide bonds. The summed E-state index contributed by atoms with van der Waals surface area (Å²) < 4.78 is 57.4. The van der Waals surface area contributed by atoms with Gasteiger partial charge < -0.3 is 62.7 Å². The van der Waals surface area contributed by atoms with E-state index in [0.717, 1.165) is 44.8 Å². The first-order valence-electron chi connectivity index (χ1n) is 27.3. The summed E-state index contributed by atoms with van der Waals surface area (Å²) in [6.07, 6.45) is 6.08. The summed E-state index contributed by atoms with van der Waals surface area (Å²) >= 11 is 0. The lowest BCUT2D eigenvalue weighted by atomic mass is 9.78. The molecule has 4 rings (SSSR count). The molecule has 20 unspecified atom stereocenters. The van der Waals surface area contributed by atoms with Crippen molar-refractivity contribution in [1.29, 1.82) is 0 Å². The zero-order valence-electron chi connectivity index (χ0n) is 45.7. The molecule has 0 bridgehead atoms. The molecule has 71 heavy (non-hydrogen) atoms. The van der Waals surface area contributed by atoms with E-state index >= 15 is 0 Å². The van der Waals surface area contributed by atoms with Crippen LogP contribution in [0.1, 0.15) is 179 Å². The molecule has 15 heteroatoms. The Balaban J connectivity index is 1.65. The SMILES string of the molecule is CCCC(C)CC1(O)CC(OC2C(CC=O)CC(C)C(OC3CCC(CCC(C)CC)C(C)O3)C=CC=CCC(C)OC(=O)CC(O)C2OC)OC(C)C1OC1CC(C)(O)C(OC(=O)CC(C)C)C(C)O1. The van der Waals surface area contributed by atoms with Gasteiger partial charge in [0.2, 0.25) is 0 Å². The number of ether oxygens (including phenoxy) is 9. The molecule has 0 aliphatic carbocycles. The highest BCUT2D eigenvalue weighted by molar-refractivity contribution is 5.70. The fraction of sp³-hybridized carbons (Fsp3) is 0.875. The Kier molecular flexibility index (Phi) is 25.1. The lowest BCUT2D eigenvalue weighted by Crippen LogP contribution is -2.63. The van der Waals surface area contributed by atoms with Gasteiger partial charge in [0.05, 0.1) is 48.6 Å². The summed E-state index contributed by atoms with van der Waals surface area (Å²) in [5, 5.41) is 36.5. The van der Waals surface area contributed by atoms with Gasteiger partial charge in [0.25, 0.3) is 0 Å². The topological polar surface area (TPSA) is 195 Å². The number of aliphatic hydroxyl groups is 3. The van der Waals surface area contributed by atoms with E-state index in [1.807, 2.05) is 38.2 Å². The summed E-state index contributed by atoms with van der Waals surface area (Å²) in [4.78, 5) is 38.7. The molecule has 3 fully saturated rings. The maximum Gasteiger partial charge on any atom is 0.308 e. The van der Waals surface area contributed by atoms with Crippen molar-refractivity contribution in [2.45, 2.75) is 271 Å². The van der Waals surface area contributed by atoms with Gasteiger partial charge in [-0.3, -0.25) is 9.59 Å². The fourth-order valence-electron chi connectivity index (χ4n) is 11.3. The Bertz CT molecular complexity index is 1650. The molecular formula is C56H96O15. The van der Waals surface area contributed by atoms with Crippen molar-refractivity contribution in [2.75, 3.05) is 7.11 Å². The molecule has 0 aromatic heterocycles. The van der Waals surface area contributed by atoms with Crippen LogP contribution >= 0.6 is 0 Å². The quantitative estimate of drug-likeness (QED) is 0.0771. The minimum absolute atomic E-state index is 0.0188. The molecule has 15 nitrogen and oxygen atoms in total. The van der Waals surface area contributed by atoms with Crippen LogP contribution in [-0.2, 0) is 57.0 Å². The third kappa shape index (κ3) is 18.8. The van der Waals surface area contributed by atoms with Crippen LogP contribution < -0.4 is 0 Å². The van der Waals surface area contributed by atoms with E-state index < -0.39 is 109 Å². The van der Waals surface area contributed by atoms with E-state index in [9.17, 15) is 29.7 Å². The Morgan fingerprint density at radius 1 is 0.845 bits per heavy atom. The molecule has 0 aromatic carbocycles. The molecule has 4 aliphatic heterocycles. The number of esters is 2. The number of aldehydes is 1. The van der Waals surface area contributed by atoms with E-state index in [2.05, 4.69) is 41.5 Å². The van der Waals surface area contributed by atoms with Crippen molar-refractivity contribution < 1.29 is 72.3 Å². The van der Waals surface area contributed by atoms with Gasteiger partial charge in [-0.15, -0.1) is 0 Å². The highest BCUT2D eigenvalue weighted by Crippen LogP contribution is 2.43. The number of allylic oxidation sites excluding steroid dienone is 2. The first-order valence-corrected chi connectivity index (χ1v) is 27.3. The van der Waals surface area contributed by atoms with Gasteiger partial charge >= 0.3 is 11.9 Å². The van der Waals surface area contributed by atoms with Gasteiger partial charge in [0, 0.05) is 39.2 Å². The van der Waals surface area contributed by atoms with E-state index in [0.29, 0.717) is 31.1 Å². The molecule has 0 spiro atoms. The van der Waals surface area contributed by atoms with Crippen LogP contribution in [0, 0.1) is 35.5 Å². The zero-order chi connectivity index (χ0) is 52.6. The number of aliphatic hydroxyl groups excluding tert-OH is 1. The summed E-state index contributed by atoms with van der Waals surface area (Å²) in [7, 11) is 1.43. The minimum atomic E-state index is -1.55. The molecule has 0 aromatic rings. The van der Waals surface area contributed by atoms with Gasteiger partial charge in [-0.1, -0.05) is 98.5 Å². The summed E-state index contributed by atoms with van der Waals surface area (Å²) in [5.74, 6) is -0.558. The monoisotopic (exact) mass is 1010 g/mol. The number of cyclic esters (lactones) is 1. The second kappa shape index (κ2) is 29.1. The minimum Gasteiger partial charge on any atom is -0.462 e. The van der Waals surface area contributed by atoms with E-state index in [1.165, 1.54) is 13.5 Å². The number of carbonyl (C=O) groups is 3. The molecule has 410 valence electrons. The largest absolute Gasteiger partial charge is 0.462 e. The highest BCUT2D eigenvalue weighted by atomic mass is 16.7. The highest BCUT2D eigenvalue weighted by Gasteiger charge is 2.54. The third-order valence-electron chi connectivity index (χ3n) is 15.4. The first-order chi connectivity index (χ1) is 33.5. The predicted octanol–water partition coefficient (Wildman–Crippen LogP) is 9.09. The van der Waals surface area contributed by atoms with Gasteiger partial charge in [0.1, 0.15) is 30.2 Å². The van der Waals surface area contributed by atoms with Crippen LogP contribution in [0.15, 0.2) is 24.3 Å². The molecule has 4 heterocycles. The lowest BCUT2D eigenvalue weighted by molar-refractivity contribution is -0.350. The molecular weight excluding hydrogens is 913 g/mol. The van der Waals surface area contributed by atoms with Crippen LogP contribution in [0.4, 0.5) is 0 Å². The molecule has 4 aliphatic rings. The number of rotatable bonds is 20. The number of hydrogen-bond donors (Lipinski definition) is 3. The van der Waals surface area contributed by atoms with Crippen molar-refractivity contribution in [3.05, 3.63) is 24.3 Å². The Morgan fingerprint density at radius 3 is 2.14 bits per heavy atom. The zero-order valence-corrected chi connectivity index (χ0v) is 45.7. The van der Waals surface area contributed by atoms with Crippen LogP contribution in [0.5, 0.6) is 0 Å². The van der Waals surface area contributed by atoms with Crippen molar-refractivity contribution >= 4 is 18.2 Å². The van der Waals surface area contributed by atoms with Gasteiger partial charge in [-0.25, -0.2) is 0 Å². The molecule has 0 radical (unpaired) electrons.